The van der Waals surface area contributed by atoms with Crippen LogP contribution in [0.2, 0.25) is 0 Å². The van der Waals surface area contributed by atoms with Gasteiger partial charge < -0.3 is 9.47 Å². The largest absolute Gasteiger partial charge is 0.310 e. The Kier molecular flexibility index (Phi) is 7.85. The summed E-state index contributed by atoms with van der Waals surface area (Å²) in [5.74, 6) is 0. The van der Waals surface area contributed by atoms with Crippen LogP contribution in [0.5, 0.6) is 0 Å². The molecule has 0 atom stereocenters. The number of rotatable bonds is 5. The van der Waals surface area contributed by atoms with E-state index in [-0.39, 0.29) is 0 Å². The molecule has 1 spiro atoms. The Hall–Kier alpha value is -8.20. The lowest BCUT2D eigenvalue weighted by atomic mass is 9.66. The van der Waals surface area contributed by atoms with Crippen LogP contribution in [0.3, 0.4) is 0 Å². The molecular formula is C61H40N2. The van der Waals surface area contributed by atoms with E-state index < -0.39 is 5.41 Å². The van der Waals surface area contributed by atoms with Crippen molar-refractivity contribution in [2.75, 3.05) is 4.90 Å². The Labute approximate surface area is 367 Å². The fourth-order valence-electron chi connectivity index (χ4n) is 11.0. The van der Waals surface area contributed by atoms with Crippen LogP contribution >= 0.6 is 0 Å². The Balaban J connectivity index is 1.09. The molecule has 10 aromatic carbocycles. The molecule has 63 heavy (non-hydrogen) atoms. The molecule has 2 aliphatic carbocycles. The molecule has 0 saturated heterocycles. The summed E-state index contributed by atoms with van der Waals surface area (Å²) < 4.78 is 2.39. The topological polar surface area (TPSA) is 8.17 Å². The maximum absolute atomic E-state index is 2.50. The predicted molar refractivity (Wildman–Crippen MR) is 263 cm³/mol. The van der Waals surface area contributed by atoms with Crippen molar-refractivity contribution in [2.45, 2.75) is 5.41 Å². The minimum atomic E-state index is -0.579. The van der Waals surface area contributed by atoms with Gasteiger partial charge in [-0.2, -0.15) is 0 Å². The highest BCUT2D eigenvalue weighted by molar-refractivity contribution is 6.11. The third-order valence-electron chi connectivity index (χ3n) is 13.6. The SMILES string of the molecule is c1ccc(-c2ccc(N(c3ccc4c(c3)C3(c5ccccc5-c5ccccc5-c5ccccc53)c3ccccc3-4)c3ccc4c(c3)c3ccccc3n4-c3ccccc3)cc2)cc1. The van der Waals surface area contributed by atoms with Crippen molar-refractivity contribution in [3.8, 4) is 50.2 Å². The van der Waals surface area contributed by atoms with Gasteiger partial charge >= 0.3 is 0 Å². The van der Waals surface area contributed by atoms with Gasteiger partial charge in [-0.25, -0.2) is 0 Å². The van der Waals surface area contributed by atoms with Crippen LogP contribution in [0.15, 0.2) is 243 Å². The molecule has 2 aliphatic rings. The minimum Gasteiger partial charge on any atom is -0.310 e. The number of hydrogen-bond acceptors (Lipinski definition) is 1. The lowest BCUT2D eigenvalue weighted by Gasteiger charge is -2.36. The van der Waals surface area contributed by atoms with Crippen LogP contribution < -0.4 is 4.90 Å². The normalized spacial score (nSPS) is 12.9. The molecule has 0 fully saturated rings. The van der Waals surface area contributed by atoms with E-state index >= 15 is 0 Å². The zero-order chi connectivity index (χ0) is 41.5. The van der Waals surface area contributed by atoms with Crippen molar-refractivity contribution in [1.29, 1.82) is 0 Å². The minimum absolute atomic E-state index is 0.579. The van der Waals surface area contributed by atoms with E-state index in [2.05, 4.69) is 252 Å². The number of aromatic nitrogens is 1. The van der Waals surface area contributed by atoms with E-state index in [0.29, 0.717) is 0 Å². The number of fused-ring (bicyclic) bond motifs is 15. The van der Waals surface area contributed by atoms with Crippen molar-refractivity contribution in [1.82, 2.24) is 4.57 Å². The molecule has 11 aromatic rings. The van der Waals surface area contributed by atoms with Crippen molar-refractivity contribution in [3.05, 3.63) is 265 Å². The molecule has 0 saturated carbocycles. The van der Waals surface area contributed by atoms with E-state index in [1.165, 1.54) is 88.6 Å². The van der Waals surface area contributed by atoms with Crippen molar-refractivity contribution >= 4 is 38.9 Å². The van der Waals surface area contributed by atoms with Crippen LogP contribution in [0.25, 0.3) is 72.0 Å². The highest BCUT2D eigenvalue weighted by Gasteiger charge is 2.49. The maximum atomic E-state index is 2.50. The Morgan fingerprint density at radius 2 is 0.730 bits per heavy atom. The van der Waals surface area contributed by atoms with Gasteiger partial charge in [0.2, 0.25) is 0 Å². The summed E-state index contributed by atoms with van der Waals surface area (Å²) in [6.07, 6.45) is 0. The summed E-state index contributed by atoms with van der Waals surface area (Å²) in [5.41, 5.74) is 21.5. The van der Waals surface area contributed by atoms with Gasteiger partial charge in [0.25, 0.3) is 0 Å². The summed E-state index contributed by atoms with van der Waals surface area (Å²) >= 11 is 0. The Morgan fingerprint density at radius 3 is 1.38 bits per heavy atom. The lowest BCUT2D eigenvalue weighted by Crippen LogP contribution is -2.29. The average Bonchev–Trinajstić information content (AvgIpc) is 3.81. The monoisotopic (exact) mass is 800 g/mol. The maximum Gasteiger partial charge on any atom is 0.0726 e. The van der Waals surface area contributed by atoms with E-state index in [9.17, 15) is 0 Å². The van der Waals surface area contributed by atoms with Gasteiger partial charge in [0.05, 0.1) is 16.4 Å². The zero-order valence-corrected chi connectivity index (χ0v) is 34.5. The van der Waals surface area contributed by atoms with Gasteiger partial charge in [-0.15, -0.1) is 0 Å². The molecule has 0 aliphatic heterocycles. The smallest absolute Gasteiger partial charge is 0.0726 e. The van der Waals surface area contributed by atoms with Crippen molar-refractivity contribution in [2.24, 2.45) is 0 Å². The van der Waals surface area contributed by atoms with Crippen molar-refractivity contribution in [3.63, 3.8) is 0 Å². The van der Waals surface area contributed by atoms with Gasteiger partial charge in [0.1, 0.15) is 0 Å². The number of hydrogen-bond donors (Lipinski definition) is 0. The molecule has 2 heteroatoms. The average molecular weight is 801 g/mol. The number of nitrogens with zero attached hydrogens (tertiary/aromatic N) is 2. The molecule has 1 heterocycles. The molecule has 294 valence electrons. The van der Waals surface area contributed by atoms with E-state index in [1.54, 1.807) is 0 Å². The second-order valence-corrected chi connectivity index (χ2v) is 16.8. The van der Waals surface area contributed by atoms with Crippen LogP contribution in [-0.2, 0) is 5.41 Å². The molecule has 0 N–H and O–H groups in total. The van der Waals surface area contributed by atoms with Crippen LogP contribution in [0, 0.1) is 0 Å². The molecule has 13 rings (SSSR count). The first-order valence-electron chi connectivity index (χ1n) is 21.8. The molecule has 0 unspecified atom stereocenters. The quantitative estimate of drug-likeness (QED) is 0.168. The van der Waals surface area contributed by atoms with E-state index in [1.807, 2.05) is 0 Å². The zero-order valence-electron chi connectivity index (χ0n) is 34.5. The highest BCUT2D eigenvalue weighted by atomic mass is 15.1. The molecule has 0 bridgehead atoms. The predicted octanol–water partition coefficient (Wildman–Crippen LogP) is 15.9. The second-order valence-electron chi connectivity index (χ2n) is 16.8. The lowest BCUT2D eigenvalue weighted by molar-refractivity contribution is 0.775. The first kappa shape index (κ1) is 35.5. The molecule has 0 radical (unpaired) electrons. The van der Waals surface area contributed by atoms with Gasteiger partial charge in [-0.05, 0) is 127 Å². The first-order chi connectivity index (χ1) is 31.3. The third kappa shape index (κ3) is 5.19. The third-order valence-corrected chi connectivity index (χ3v) is 13.6. The summed E-state index contributed by atoms with van der Waals surface area (Å²) in [5, 5.41) is 2.44. The number of benzene rings is 10. The molecule has 0 amide bonds. The standard InChI is InChI=1S/C61H40N2/c1-3-17-41(18-4-1)42-31-33-44(34-32-42)62(45-36-38-60-54(39-45)53-26-12-16-30-59(53)63(60)43-19-5-2-6-20-43)46-35-37-52-51-25-11-15-29-57(51)61(58(52)40-46)55-27-13-9-23-49(55)47-21-7-8-22-48(47)50-24-10-14-28-56(50)61/h1-40H. The summed E-state index contributed by atoms with van der Waals surface area (Å²) in [4.78, 5) is 2.46. The summed E-state index contributed by atoms with van der Waals surface area (Å²) in [6, 6.07) is 89.8. The fourth-order valence-corrected chi connectivity index (χ4v) is 11.0. The first-order valence-corrected chi connectivity index (χ1v) is 21.8. The second kappa shape index (κ2) is 13.9. The summed E-state index contributed by atoms with van der Waals surface area (Å²) in [7, 11) is 0. The fraction of sp³-hybridized carbons (Fsp3) is 0.0164. The van der Waals surface area contributed by atoms with E-state index in [0.717, 1.165) is 22.7 Å². The number of para-hydroxylation sites is 2. The molecular weight excluding hydrogens is 761 g/mol. The van der Waals surface area contributed by atoms with Crippen LogP contribution in [-0.4, -0.2) is 4.57 Å². The van der Waals surface area contributed by atoms with Gasteiger partial charge in [0.15, 0.2) is 0 Å². The molecule has 1 aromatic heterocycles. The van der Waals surface area contributed by atoms with Crippen LogP contribution in [0.1, 0.15) is 22.3 Å². The summed E-state index contributed by atoms with van der Waals surface area (Å²) in [6.45, 7) is 0. The Morgan fingerprint density at radius 1 is 0.286 bits per heavy atom. The van der Waals surface area contributed by atoms with Gasteiger partial charge in [0, 0.05) is 33.5 Å². The van der Waals surface area contributed by atoms with E-state index in [4.69, 9.17) is 0 Å². The van der Waals surface area contributed by atoms with Gasteiger partial charge in [-0.1, -0.05) is 182 Å². The highest BCUT2D eigenvalue weighted by Crippen LogP contribution is 2.62. The molecule has 2 nitrogen and oxygen atoms in total. The Bertz CT molecular complexity index is 3490. The number of anilines is 3. The van der Waals surface area contributed by atoms with Gasteiger partial charge in [-0.3, -0.25) is 0 Å². The van der Waals surface area contributed by atoms with Crippen LogP contribution in [0.4, 0.5) is 17.1 Å². The van der Waals surface area contributed by atoms with Crippen molar-refractivity contribution < 1.29 is 0 Å².